The van der Waals surface area contributed by atoms with Gasteiger partial charge in [-0.25, -0.2) is 8.78 Å². The molecule has 1 heterocycles. The SMILES string of the molecule is N[C@H]1CCN(C(=O)c2cc(F)c(F)c(O)c2F)C1. The van der Waals surface area contributed by atoms with Crippen LogP contribution in [0, 0.1) is 17.5 Å². The third-order valence-electron chi connectivity index (χ3n) is 2.88. The Morgan fingerprint density at radius 3 is 2.61 bits per heavy atom. The van der Waals surface area contributed by atoms with Crippen molar-refractivity contribution in [2.24, 2.45) is 5.73 Å². The van der Waals surface area contributed by atoms with Gasteiger partial charge in [-0.2, -0.15) is 4.39 Å². The highest BCUT2D eigenvalue weighted by atomic mass is 19.2. The number of carbonyl (C=O) groups is 1. The van der Waals surface area contributed by atoms with E-state index in [4.69, 9.17) is 10.8 Å². The van der Waals surface area contributed by atoms with Crippen LogP contribution in [0.2, 0.25) is 0 Å². The van der Waals surface area contributed by atoms with E-state index in [1.165, 1.54) is 4.90 Å². The second kappa shape index (κ2) is 4.49. The van der Waals surface area contributed by atoms with Crippen molar-refractivity contribution in [1.82, 2.24) is 4.90 Å². The fourth-order valence-electron chi connectivity index (χ4n) is 1.89. The van der Waals surface area contributed by atoms with Gasteiger partial charge >= 0.3 is 0 Å². The fourth-order valence-corrected chi connectivity index (χ4v) is 1.89. The predicted octanol–water partition coefficient (Wildman–Crippen LogP) is 0.983. The molecule has 1 aromatic carbocycles. The van der Waals surface area contributed by atoms with Gasteiger partial charge in [0.25, 0.3) is 5.91 Å². The van der Waals surface area contributed by atoms with Gasteiger partial charge in [0.1, 0.15) is 0 Å². The zero-order valence-corrected chi connectivity index (χ0v) is 9.29. The highest BCUT2D eigenvalue weighted by molar-refractivity contribution is 5.95. The highest BCUT2D eigenvalue weighted by Gasteiger charge is 2.29. The second-order valence-electron chi connectivity index (χ2n) is 4.18. The van der Waals surface area contributed by atoms with Crippen LogP contribution in [0.25, 0.3) is 0 Å². The molecule has 1 saturated heterocycles. The van der Waals surface area contributed by atoms with Gasteiger partial charge in [0.2, 0.25) is 5.82 Å². The molecule has 1 aliphatic heterocycles. The summed E-state index contributed by atoms with van der Waals surface area (Å²) in [6.45, 7) is 0.539. The van der Waals surface area contributed by atoms with Gasteiger partial charge < -0.3 is 15.7 Å². The molecule has 1 aromatic rings. The molecular formula is C11H11F3N2O2. The predicted molar refractivity (Wildman–Crippen MR) is 56.5 cm³/mol. The molecule has 3 N–H and O–H groups in total. The van der Waals surface area contributed by atoms with Gasteiger partial charge in [-0.1, -0.05) is 0 Å². The fraction of sp³-hybridized carbons (Fsp3) is 0.364. The largest absolute Gasteiger partial charge is 0.503 e. The normalized spacial score (nSPS) is 19.3. The number of hydrogen-bond donors (Lipinski definition) is 2. The van der Waals surface area contributed by atoms with Crippen LogP contribution < -0.4 is 5.73 Å². The summed E-state index contributed by atoms with van der Waals surface area (Å²) in [4.78, 5) is 13.1. The van der Waals surface area contributed by atoms with E-state index in [0.29, 0.717) is 19.0 Å². The van der Waals surface area contributed by atoms with Gasteiger partial charge in [-0.15, -0.1) is 0 Å². The number of phenols is 1. The molecule has 0 aromatic heterocycles. The Hall–Kier alpha value is -1.76. The average Bonchev–Trinajstić information content (AvgIpc) is 2.77. The molecule has 0 unspecified atom stereocenters. The van der Waals surface area contributed by atoms with Gasteiger partial charge in [-0.05, 0) is 12.5 Å². The summed E-state index contributed by atoms with van der Waals surface area (Å²) in [5, 5.41) is 9.03. The van der Waals surface area contributed by atoms with Crippen molar-refractivity contribution in [1.29, 1.82) is 0 Å². The number of nitrogens with zero attached hydrogens (tertiary/aromatic N) is 1. The first-order valence-corrected chi connectivity index (χ1v) is 5.33. The third kappa shape index (κ3) is 2.01. The molecule has 0 spiro atoms. The molecule has 1 fully saturated rings. The number of halogens is 3. The lowest BCUT2D eigenvalue weighted by Gasteiger charge is -2.16. The topological polar surface area (TPSA) is 66.6 Å². The van der Waals surface area contributed by atoms with Crippen molar-refractivity contribution in [3.63, 3.8) is 0 Å². The number of phenolic OH excluding ortho intramolecular Hbond substituents is 1. The summed E-state index contributed by atoms with van der Waals surface area (Å²) in [6, 6.07) is 0.229. The van der Waals surface area contributed by atoms with Crippen molar-refractivity contribution in [3.05, 3.63) is 29.1 Å². The standard InChI is InChI=1S/C11H11F3N2O2/c12-7-3-6(8(13)10(17)9(7)14)11(18)16-2-1-5(15)4-16/h3,5,17H,1-2,4,15H2/t5-/m0/s1. The number of amides is 1. The second-order valence-corrected chi connectivity index (χ2v) is 4.18. The Morgan fingerprint density at radius 1 is 1.39 bits per heavy atom. The van der Waals surface area contributed by atoms with Crippen molar-refractivity contribution in [2.45, 2.75) is 12.5 Å². The number of carbonyl (C=O) groups excluding carboxylic acids is 1. The lowest BCUT2D eigenvalue weighted by molar-refractivity contribution is 0.0784. The van der Waals surface area contributed by atoms with Crippen LogP contribution in [0.3, 0.4) is 0 Å². The Balaban J connectivity index is 2.37. The molecule has 0 aliphatic carbocycles. The van der Waals surface area contributed by atoms with E-state index < -0.39 is 34.7 Å². The molecule has 1 aliphatic rings. The molecule has 0 bridgehead atoms. The Morgan fingerprint density at radius 2 is 2.06 bits per heavy atom. The molecule has 7 heteroatoms. The van der Waals surface area contributed by atoms with E-state index in [0.717, 1.165) is 0 Å². The Bertz CT molecular complexity index is 508. The molecule has 2 rings (SSSR count). The number of aromatic hydroxyl groups is 1. The maximum atomic E-state index is 13.5. The number of likely N-dealkylation sites (tertiary alicyclic amines) is 1. The van der Waals surface area contributed by atoms with E-state index >= 15 is 0 Å². The van der Waals surface area contributed by atoms with Crippen LogP contribution in [0.1, 0.15) is 16.8 Å². The number of benzene rings is 1. The van der Waals surface area contributed by atoms with Crippen LogP contribution >= 0.6 is 0 Å². The maximum absolute atomic E-state index is 13.5. The molecule has 18 heavy (non-hydrogen) atoms. The summed E-state index contributed by atoms with van der Waals surface area (Å²) in [5.74, 6) is -6.93. The number of nitrogens with two attached hydrogens (primary N) is 1. The van der Waals surface area contributed by atoms with Crippen LogP contribution in [0.15, 0.2) is 6.07 Å². The number of hydrogen-bond acceptors (Lipinski definition) is 3. The smallest absolute Gasteiger partial charge is 0.257 e. The van der Waals surface area contributed by atoms with Crippen LogP contribution in [0.5, 0.6) is 5.75 Å². The van der Waals surface area contributed by atoms with Crippen LogP contribution in [-0.2, 0) is 0 Å². The van der Waals surface area contributed by atoms with Gasteiger partial charge in [0.15, 0.2) is 17.4 Å². The summed E-state index contributed by atoms with van der Waals surface area (Å²) in [6.07, 6.45) is 0.559. The van der Waals surface area contributed by atoms with E-state index in [1.807, 2.05) is 0 Å². The summed E-state index contributed by atoms with van der Waals surface area (Å²) in [7, 11) is 0. The summed E-state index contributed by atoms with van der Waals surface area (Å²) in [5.41, 5.74) is 4.90. The lowest BCUT2D eigenvalue weighted by atomic mass is 10.1. The van der Waals surface area contributed by atoms with Gasteiger partial charge in [0, 0.05) is 19.1 Å². The minimum Gasteiger partial charge on any atom is -0.503 e. The van der Waals surface area contributed by atoms with Crippen LogP contribution in [0.4, 0.5) is 13.2 Å². The maximum Gasteiger partial charge on any atom is 0.257 e. The van der Waals surface area contributed by atoms with Gasteiger partial charge in [0.05, 0.1) is 5.56 Å². The molecule has 1 amide bonds. The quantitative estimate of drug-likeness (QED) is 0.740. The monoisotopic (exact) mass is 260 g/mol. The average molecular weight is 260 g/mol. The van der Waals surface area contributed by atoms with Crippen molar-refractivity contribution < 1.29 is 23.1 Å². The minimum atomic E-state index is -1.71. The van der Waals surface area contributed by atoms with E-state index in [2.05, 4.69) is 0 Å². The molecule has 4 nitrogen and oxygen atoms in total. The van der Waals surface area contributed by atoms with E-state index in [1.54, 1.807) is 0 Å². The first kappa shape index (κ1) is 12.7. The number of rotatable bonds is 1. The van der Waals surface area contributed by atoms with E-state index in [-0.39, 0.29) is 12.6 Å². The third-order valence-corrected chi connectivity index (χ3v) is 2.88. The molecule has 0 radical (unpaired) electrons. The van der Waals surface area contributed by atoms with Crippen molar-refractivity contribution in [2.75, 3.05) is 13.1 Å². The Labute approximate surface area is 101 Å². The zero-order chi connectivity index (χ0) is 13.4. The van der Waals surface area contributed by atoms with Crippen molar-refractivity contribution >= 4 is 5.91 Å². The summed E-state index contributed by atoms with van der Waals surface area (Å²) >= 11 is 0. The molecule has 98 valence electrons. The summed E-state index contributed by atoms with van der Waals surface area (Å²) < 4.78 is 39.4. The Kier molecular flexibility index (Phi) is 3.16. The minimum absolute atomic E-state index is 0.212. The van der Waals surface area contributed by atoms with Crippen LogP contribution in [-0.4, -0.2) is 35.0 Å². The molecule has 1 atom stereocenters. The first-order chi connectivity index (χ1) is 8.41. The molecular weight excluding hydrogens is 249 g/mol. The van der Waals surface area contributed by atoms with Gasteiger partial charge in [-0.3, -0.25) is 4.79 Å². The van der Waals surface area contributed by atoms with E-state index in [9.17, 15) is 18.0 Å². The molecule has 0 saturated carbocycles. The van der Waals surface area contributed by atoms with Crippen molar-refractivity contribution in [3.8, 4) is 5.75 Å². The first-order valence-electron chi connectivity index (χ1n) is 5.33. The lowest BCUT2D eigenvalue weighted by Crippen LogP contribution is -2.32. The highest BCUT2D eigenvalue weighted by Crippen LogP contribution is 2.27. The zero-order valence-electron chi connectivity index (χ0n) is 9.29.